The van der Waals surface area contributed by atoms with E-state index in [4.69, 9.17) is 4.42 Å². The fraction of sp³-hybridized carbons (Fsp3) is 0.0385. The van der Waals surface area contributed by atoms with Crippen LogP contribution in [0.15, 0.2) is 180 Å². The first-order valence-electron chi connectivity index (χ1n) is 18.7. The van der Waals surface area contributed by atoms with Crippen LogP contribution in [0.4, 0.5) is 17.1 Å². The molecule has 0 unspecified atom stereocenters. The Bertz CT molecular complexity index is 3120. The summed E-state index contributed by atoms with van der Waals surface area (Å²) in [4.78, 5) is 2.42. The number of furan rings is 1. The molecule has 2 heteroatoms. The smallest absolute Gasteiger partial charge is 0.159 e. The minimum atomic E-state index is 0.897. The summed E-state index contributed by atoms with van der Waals surface area (Å²) in [7, 11) is 0. The summed E-state index contributed by atoms with van der Waals surface area (Å²) in [6, 6.07) is 64.1. The number of hydrogen-bond acceptors (Lipinski definition) is 2. The average Bonchev–Trinajstić information content (AvgIpc) is 3.60. The summed E-state index contributed by atoms with van der Waals surface area (Å²) in [6.07, 6.45) is 0. The predicted molar refractivity (Wildman–Crippen MR) is 228 cm³/mol. The third-order valence-electron chi connectivity index (χ3n) is 11.4. The summed E-state index contributed by atoms with van der Waals surface area (Å²) in [5, 5.41) is 7.23. The van der Waals surface area contributed by atoms with Crippen molar-refractivity contribution in [3.8, 4) is 44.5 Å². The number of para-hydroxylation sites is 1. The molecule has 0 radical (unpaired) electrons. The van der Waals surface area contributed by atoms with Gasteiger partial charge in [0.15, 0.2) is 5.58 Å². The molecule has 0 bridgehead atoms. The molecule has 1 aliphatic carbocycles. The van der Waals surface area contributed by atoms with Gasteiger partial charge in [0.05, 0.1) is 5.69 Å². The minimum Gasteiger partial charge on any atom is -0.454 e. The summed E-state index contributed by atoms with van der Waals surface area (Å²) >= 11 is 0. The number of aryl methyl sites for hydroxylation is 2. The number of fused-ring (bicyclic) bond motifs is 9. The topological polar surface area (TPSA) is 16.4 Å². The molecule has 1 aliphatic rings. The van der Waals surface area contributed by atoms with Crippen molar-refractivity contribution in [3.63, 3.8) is 0 Å². The molecule has 10 aromatic rings. The zero-order chi connectivity index (χ0) is 35.9. The van der Waals surface area contributed by atoms with Crippen LogP contribution in [0.3, 0.4) is 0 Å². The Balaban J connectivity index is 1.09. The van der Waals surface area contributed by atoms with E-state index in [1.54, 1.807) is 0 Å². The average molecular weight is 690 g/mol. The first-order chi connectivity index (χ1) is 26.6. The zero-order valence-electron chi connectivity index (χ0n) is 30.1. The summed E-state index contributed by atoms with van der Waals surface area (Å²) in [5.41, 5.74) is 17.6. The quantitative estimate of drug-likeness (QED) is 0.179. The normalized spacial score (nSPS) is 11.9. The lowest BCUT2D eigenvalue weighted by Gasteiger charge is -2.30. The van der Waals surface area contributed by atoms with E-state index in [1.165, 1.54) is 71.6 Å². The number of hydrogen-bond donors (Lipinski definition) is 0. The Morgan fingerprint density at radius 1 is 0.389 bits per heavy atom. The SMILES string of the molecule is Cc1ccc(-c2ccccc2)cc1N(c1ccc2cc3c(cc2c1)-c1cc2ccc(-c4ccccc4)cc2cc1-3)c1c(C)ccc2c1oc1ccccc12. The lowest BCUT2D eigenvalue weighted by molar-refractivity contribution is 0.668. The molecule has 0 aliphatic heterocycles. The van der Waals surface area contributed by atoms with Crippen molar-refractivity contribution in [2.75, 3.05) is 4.90 Å². The van der Waals surface area contributed by atoms with Crippen LogP contribution in [0.2, 0.25) is 0 Å². The van der Waals surface area contributed by atoms with Crippen LogP contribution in [-0.2, 0) is 0 Å². The highest BCUT2D eigenvalue weighted by molar-refractivity contribution is 6.14. The monoisotopic (exact) mass is 689 g/mol. The van der Waals surface area contributed by atoms with E-state index in [9.17, 15) is 0 Å². The molecular formula is C52H35NO. The Morgan fingerprint density at radius 2 is 0.944 bits per heavy atom. The molecule has 0 atom stereocenters. The van der Waals surface area contributed by atoms with Gasteiger partial charge in [-0.2, -0.15) is 0 Å². The van der Waals surface area contributed by atoms with Crippen LogP contribution < -0.4 is 4.90 Å². The second-order valence-electron chi connectivity index (χ2n) is 14.7. The van der Waals surface area contributed by atoms with Gasteiger partial charge in [0.1, 0.15) is 5.58 Å². The molecule has 11 rings (SSSR count). The predicted octanol–water partition coefficient (Wildman–Crippen LogP) is 15.0. The summed E-state index contributed by atoms with van der Waals surface area (Å²) < 4.78 is 6.74. The Hall–Kier alpha value is -6.90. The van der Waals surface area contributed by atoms with Crippen LogP contribution >= 0.6 is 0 Å². The van der Waals surface area contributed by atoms with E-state index < -0.39 is 0 Å². The van der Waals surface area contributed by atoms with E-state index in [2.05, 4.69) is 189 Å². The molecule has 1 heterocycles. The van der Waals surface area contributed by atoms with E-state index in [0.29, 0.717) is 0 Å². The van der Waals surface area contributed by atoms with Crippen LogP contribution in [-0.4, -0.2) is 0 Å². The van der Waals surface area contributed by atoms with Crippen LogP contribution in [0.25, 0.3) is 88.0 Å². The van der Waals surface area contributed by atoms with E-state index in [0.717, 1.165) is 44.6 Å². The van der Waals surface area contributed by atoms with Gasteiger partial charge in [-0.15, -0.1) is 0 Å². The van der Waals surface area contributed by atoms with Crippen LogP contribution in [0.1, 0.15) is 11.1 Å². The Kier molecular flexibility index (Phi) is 6.72. The van der Waals surface area contributed by atoms with E-state index in [-0.39, 0.29) is 0 Å². The molecular weight excluding hydrogens is 655 g/mol. The van der Waals surface area contributed by atoms with Gasteiger partial charge in [-0.3, -0.25) is 0 Å². The molecule has 9 aromatic carbocycles. The standard InChI is InChI=1S/C52H35NO/c1-32-17-19-39(35-13-7-4-8-14-35)31-49(32)53(51-33(2)18-24-44-43-15-9-10-16-50(43)54-52(44)51)42-23-22-38-28-46-47-29-40-25-36(34-11-5-3-6-12-34)20-21-37(40)27-45(47)48(46)30-41(38)26-42/h3-31H,1-2H3. The zero-order valence-corrected chi connectivity index (χ0v) is 30.1. The van der Waals surface area contributed by atoms with Gasteiger partial charge in [-0.05, 0) is 146 Å². The third kappa shape index (κ3) is 4.74. The Labute approximate surface area is 314 Å². The Morgan fingerprint density at radius 3 is 1.65 bits per heavy atom. The van der Waals surface area contributed by atoms with Crippen molar-refractivity contribution < 1.29 is 4.42 Å². The highest BCUT2D eigenvalue weighted by Crippen LogP contribution is 2.52. The van der Waals surface area contributed by atoms with Crippen molar-refractivity contribution in [2.24, 2.45) is 0 Å². The van der Waals surface area contributed by atoms with Gasteiger partial charge in [-0.25, -0.2) is 0 Å². The molecule has 254 valence electrons. The minimum absolute atomic E-state index is 0.897. The molecule has 0 N–H and O–H groups in total. The first-order valence-corrected chi connectivity index (χ1v) is 18.7. The van der Waals surface area contributed by atoms with E-state index in [1.807, 2.05) is 6.07 Å². The molecule has 0 saturated heterocycles. The van der Waals surface area contributed by atoms with Crippen LogP contribution in [0.5, 0.6) is 0 Å². The summed E-state index contributed by atoms with van der Waals surface area (Å²) in [6.45, 7) is 4.40. The second-order valence-corrected chi connectivity index (χ2v) is 14.7. The molecule has 2 nitrogen and oxygen atoms in total. The summed E-state index contributed by atoms with van der Waals surface area (Å²) in [5.74, 6) is 0. The van der Waals surface area contributed by atoms with Gasteiger partial charge in [0.2, 0.25) is 0 Å². The van der Waals surface area contributed by atoms with Crippen LogP contribution in [0, 0.1) is 13.8 Å². The fourth-order valence-corrected chi connectivity index (χ4v) is 8.56. The fourth-order valence-electron chi connectivity index (χ4n) is 8.56. The molecule has 54 heavy (non-hydrogen) atoms. The largest absolute Gasteiger partial charge is 0.454 e. The maximum Gasteiger partial charge on any atom is 0.159 e. The number of nitrogens with zero attached hydrogens (tertiary/aromatic N) is 1. The highest BCUT2D eigenvalue weighted by atomic mass is 16.3. The van der Waals surface area contributed by atoms with Crippen molar-refractivity contribution >= 4 is 60.5 Å². The highest BCUT2D eigenvalue weighted by Gasteiger charge is 2.26. The molecule has 0 saturated carbocycles. The molecule has 1 aromatic heterocycles. The molecule has 0 spiro atoms. The van der Waals surface area contributed by atoms with Crippen molar-refractivity contribution in [1.82, 2.24) is 0 Å². The number of anilines is 3. The first kappa shape index (κ1) is 30.7. The van der Waals surface area contributed by atoms with E-state index >= 15 is 0 Å². The van der Waals surface area contributed by atoms with Crippen molar-refractivity contribution in [1.29, 1.82) is 0 Å². The molecule has 0 amide bonds. The van der Waals surface area contributed by atoms with Gasteiger partial charge in [0.25, 0.3) is 0 Å². The van der Waals surface area contributed by atoms with Gasteiger partial charge in [-0.1, -0.05) is 121 Å². The maximum absolute atomic E-state index is 6.74. The van der Waals surface area contributed by atoms with Gasteiger partial charge < -0.3 is 9.32 Å². The lowest BCUT2D eigenvalue weighted by Crippen LogP contribution is -2.13. The van der Waals surface area contributed by atoms with Gasteiger partial charge >= 0.3 is 0 Å². The van der Waals surface area contributed by atoms with Crippen molar-refractivity contribution in [2.45, 2.75) is 13.8 Å². The third-order valence-corrected chi connectivity index (χ3v) is 11.4. The maximum atomic E-state index is 6.74. The van der Waals surface area contributed by atoms with Gasteiger partial charge in [0, 0.05) is 22.1 Å². The molecule has 0 fully saturated rings. The number of rotatable bonds is 5. The second kappa shape index (κ2) is 11.8. The lowest BCUT2D eigenvalue weighted by atomic mass is 9.77. The van der Waals surface area contributed by atoms with Crippen molar-refractivity contribution in [3.05, 3.63) is 187 Å². The number of benzene rings is 9.